The van der Waals surface area contributed by atoms with E-state index in [-0.39, 0.29) is 6.04 Å². The molecule has 19 heavy (non-hydrogen) atoms. The van der Waals surface area contributed by atoms with Crippen LogP contribution in [0.25, 0.3) is 0 Å². The van der Waals surface area contributed by atoms with Crippen molar-refractivity contribution in [1.29, 1.82) is 0 Å². The molecule has 2 rings (SSSR count). The van der Waals surface area contributed by atoms with E-state index in [0.717, 1.165) is 36.6 Å². The molecule has 1 saturated carbocycles. The highest BCUT2D eigenvalue weighted by atomic mass is 79.9. The summed E-state index contributed by atoms with van der Waals surface area (Å²) in [5, 5.41) is 0.746. The Morgan fingerprint density at radius 2 is 1.89 bits per heavy atom. The summed E-state index contributed by atoms with van der Waals surface area (Å²) in [5.41, 5.74) is 1.09. The van der Waals surface area contributed by atoms with Crippen molar-refractivity contribution in [3.8, 4) is 0 Å². The summed E-state index contributed by atoms with van der Waals surface area (Å²) in [6, 6.07) is 7.40. The van der Waals surface area contributed by atoms with Gasteiger partial charge in [-0.25, -0.2) is 8.42 Å². The lowest BCUT2D eigenvalue weighted by atomic mass is 10.2. The van der Waals surface area contributed by atoms with Crippen LogP contribution in [0.5, 0.6) is 0 Å². The molecule has 0 N–H and O–H groups in total. The second-order valence-corrected chi connectivity index (χ2v) is 7.43. The zero-order valence-corrected chi connectivity index (χ0v) is 13.6. The first-order valence-electron chi connectivity index (χ1n) is 6.76. The molecule has 0 saturated heterocycles. The predicted octanol–water partition coefficient (Wildman–Crippen LogP) is 3.53. The number of nitrogens with zero attached hydrogens (tertiary/aromatic N) is 1. The summed E-state index contributed by atoms with van der Waals surface area (Å²) in [6.07, 6.45) is 3.95. The maximum Gasteiger partial charge on any atom is 0.243 e. The highest BCUT2D eigenvalue weighted by Gasteiger charge is 2.37. The lowest BCUT2D eigenvalue weighted by Gasteiger charge is -2.21. The molecule has 0 heterocycles. The number of unbranched alkanes of at least 4 members (excludes halogenated alkanes) is 1. The Bertz CT molecular complexity index is 509. The van der Waals surface area contributed by atoms with Crippen LogP contribution in [0.15, 0.2) is 29.2 Å². The monoisotopic (exact) mass is 345 g/mol. The molecule has 1 aromatic carbocycles. The van der Waals surface area contributed by atoms with Gasteiger partial charge in [0.1, 0.15) is 0 Å². The Morgan fingerprint density at radius 1 is 1.26 bits per heavy atom. The normalized spacial score (nSPS) is 15.9. The quantitative estimate of drug-likeness (QED) is 0.709. The molecular weight excluding hydrogens is 326 g/mol. The van der Waals surface area contributed by atoms with Gasteiger partial charge >= 0.3 is 0 Å². The van der Waals surface area contributed by atoms with Gasteiger partial charge in [0.2, 0.25) is 10.0 Å². The second-order valence-electron chi connectivity index (χ2n) is 4.98. The third-order valence-corrected chi connectivity index (χ3v) is 5.98. The number of halogens is 1. The van der Waals surface area contributed by atoms with E-state index in [1.54, 1.807) is 16.4 Å². The van der Waals surface area contributed by atoms with Gasteiger partial charge in [0.05, 0.1) is 4.90 Å². The van der Waals surface area contributed by atoms with Gasteiger partial charge in [0, 0.05) is 17.9 Å². The fourth-order valence-corrected chi connectivity index (χ4v) is 4.16. The molecule has 0 aromatic heterocycles. The first-order valence-corrected chi connectivity index (χ1v) is 9.32. The summed E-state index contributed by atoms with van der Waals surface area (Å²) in [7, 11) is -3.32. The Balaban J connectivity index is 2.22. The minimum Gasteiger partial charge on any atom is -0.207 e. The molecule has 1 aromatic rings. The third-order valence-electron chi connectivity index (χ3n) is 3.37. The van der Waals surface area contributed by atoms with E-state index in [0.29, 0.717) is 11.4 Å². The third kappa shape index (κ3) is 3.58. The smallest absolute Gasteiger partial charge is 0.207 e. The molecule has 1 aliphatic carbocycles. The van der Waals surface area contributed by atoms with E-state index in [1.165, 1.54) is 0 Å². The highest BCUT2D eigenvalue weighted by molar-refractivity contribution is 9.08. The van der Waals surface area contributed by atoms with E-state index in [9.17, 15) is 8.42 Å². The van der Waals surface area contributed by atoms with Crippen LogP contribution in [0, 0.1) is 0 Å². The van der Waals surface area contributed by atoms with Gasteiger partial charge in [-0.2, -0.15) is 4.31 Å². The van der Waals surface area contributed by atoms with Crippen LogP contribution < -0.4 is 0 Å². The van der Waals surface area contributed by atoms with Crippen LogP contribution in [0.2, 0.25) is 0 Å². The van der Waals surface area contributed by atoms with Crippen molar-refractivity contribution in [2.45, 2.75) is 48.9 Å². The van der Waals surface area contributed by atoms with Gasteiger partial charge in [0.25, 0.3) is 0 Å². The molecular formula is C14H20BrNO2S. The fraction of sp³-hybridized carbons (Fsp3) is 0.571. The summed E-state index contributed by atoms with van der Waals surface area (Å²) < 4.78 is 27.0. The maximum absolute atomic E-state index is 12.6. The lowest BCUT2D eigenvalue weighted by molar-refractivity contribution is 0.395. The number of sulfonamides is 1. The number of hydrogen-bond acceptors (Lipinski definition) is 2. The van der Waals surface area contributed by atoms with Crippen LogP contribution in [0.3, 0.4) is 0 Å². The molecule has 1 aliphatic rings. The van der Waals surface area contributed by atoms with E-state index in [1.807, 2.05) is 12.1 Å². The van der Waals surface area contributed by atoms with Gasteiger partial charge in [-0.15, -0.1) is 0 Å². The van der Waals surface area contributed by atoms with Crippen LogP contribution >= 0.6 is 15.9 Å². The number of alkyl halides is 1. The van der Waals surface area contributed by atoms with Crippen molar-refractivity contribution in [1.82, 2.24) is 4.31 Å². The predicted molar refractivity (Wildman–Crippen MR) is 80.9 cm³/mol. The van der Waals surface area contributed by atoms with Crippen molar-refractivity contribution in [3.63, 3.8) is 0 Å². The van der Waals surface area contributed by atoms with Crippen LogP contribution in [0.1, 0.15) is 38.2 Å². The largest absolute Gasteiger partial charge is 0.243 e. The van der Waals surface area contributed by atoms with Gasteiger partial charge in [-0.1, -0.05) is 41.4 Å². The standard InChI is InChI=1S/C14H20BrNO2S/c1-2-3-10-16(13-6-7-13)19(17,18)14-8-4-12(11-15)5-9-14/h4-5,8-9,13H,2-3,6-7,10-11H2,1H3. The first-order chi connectivity index (χ1) is 9.09. The van der Waals surface area contributed by atoms with Gasteiger partial charge in [-0.3, -0.25) is 0 Å². The number of hydrogen-bond donors (Lipinski definition) is 0. The van der Waals surface area contributed by atoms with Crippen molar-refractivity contribution in [2.75, 3.05) is 6.54 Å². The Hall–Kier alpha value is -0.390. The molecule has 106 valence electrons. The maximum atomic E-state index is 12.6. The van der Waals surface area contributed by atoms with Crippen LogP contribution in [-0.2, 0) is 15.4 Å². The SMILES string of the molecule is CCCCN(C1CC1)S(=O)(=O)c1ccc(CBr)cc1. The molecule has 0 bridgehead atoms. The Morgan fingerprint density at radius 3 is 2.37 bits per heavy atom. The summed E-state index contributed by atoms with van der Waals surface area (Å²) in [6.45, 7) is 2.73. The van der Waals surface area contributed by atoms with Crippen molar-refractivity contribution in [2.24, 2.45) is 0 Å². The summed E-state index contributed by atoms with van der Waals surface area (Å²) >= 11 is 3.37. The number of rotatable bonds is 7. The van der Waals surface area contributed by atoms with Gasteiger partial charge in [0.15, 0.2) is 0 Å². The number of benzene rings is 1. The van der Waals surface area contributed by atoms with Crippen molar-refractivity contribution in [3.05, 3.63) is 29.8 Å². The molecule has 0 unspecified atom stereocenters. The van der Waals surface area contributed by atoms with Gasteiger partial charge in [-0.05, 0) is 37.0 Å². The van der Waals surface area contributed by atoms with Crippen molar-refractivity contribution < 1.29 is 8.42 Å². The van der Waals surface area contributed by atoms with E-state index in [2.05, 4.69) is 22.9 Å². The minimum atomic E-state index is -3.32. The molecule has 0 spiro atoms. The topological polar surface area (TPSA) is 37.4 Å². The van der Waals surface area contributed by atoms with E-state index >= 15 is 0 Å². The van der Waals surface area contributed by atoms with Crippen LogP contribution in [-0.4, -0.2) is 25.3 Å². The van der Waals surface area contributed by atoms with E-state index in [4.69, 9.17) is 0 Å². The Kier molecular flexibility index (Phi) is 5.03. The molecule has 0 radical (unpaired) electrons. The van der Waals surface area contributed by atoms with Crippen molar-refractivity contribution >= 4 is 26.0 Å². The molecule has 5 heteroatoms. The molecule has 0 atom stereocenters. The molecule has 3 nitrogen and oxygen atoms in total. The fourth-order valence-electron chi connectivity index (χ4n) is 2.06. The Labute approximate surface area is 124 Å². The zero-order valence-electron chi connectivity index (χ0n) is 11.2. The zero-order chi connectivity index (χ0) is 13.9. The average molecular weight is 346 g/mol. The highest BCUT2D eigenvalue weighted by Crippen LogP contribution is 2.32. The van der Waals surface area contributed by atoms with Gasteiger partial charge < -0.3 is 0 Å². The molecule has 0 amide bonds. The lowest BCUT2D eigenvalue weighted by Crippen LogP contribution is -2.34. The first kappa shape index (κ1) is 15.0. The minimum absolute atomic E-state index is 0.229. The second kappa shape index (κ2) is 6.37. The molecule has 0 aliphatic heterocycles. The van der Waals surface area contributed by atoms with Crippen LogP contribution in [0.4, 0.5) is 0 Å². The van der Waals surface area contributed by atoms with E-state index < -0.39 is 10.0 Å². The molecule has 1 fully saturated rings. The summed E-state index contributed by atoms with van der Waals surface area (Å²) in [5.74, 6) is 0. The average Bonchev–Trinajstić information content (AvgIpc) is 3.23. The summed E-state index contributed by atoms with van der Waals surface area (Å²) in [4.78, 5) is 0.417.